The van der Waals surface area contributed by atoms with Gasteiger partial charge in [0.15, 0.2) is 0 Å². The Labute approximate surface area is 248 Å². The zero-order valence-electron chi connectivity index (χ0n) is 23.3. The normalized spacial score (nSPS) is 16.0. The molecule has 3 heterocycles. The zero-order chi connectivity index (χ0) is 30.2. The summed E-state index contributed by atoms with van der Waals surface area (Å²) < 4.78 is 5.75. The van der Waals surface area contributed by atoms with Crippen LogP contribution in [-0.4, -0.2) is 74.5 Å². The highest BCUT2D eigenvalue weighted by Gasteiger charge is 2.39. The molecular formula is C30H32ClN7O4. The molecule has 0 aliphatic carbocycles. The van der Waals surface area contributed by atoms with Gasteiger partial charge in [-0.15, -0.1) is 0 Å². The smallest absolute Gasteiger partial charge is 0.326 e. The van der Waals surface area contributed by atoms with E-state index in [9.17, 15) is 9.59 Å². The van der Waals surface area contributed by atoms with Crippen molar-refractivity contribution >= 4 is 51.6 Å². The first-order valence-electron chi connectivity index (χ1n) is 13.1. The number of carboxylic acid groups (broad SMARTS) is 1. The molecule has 4 N–H and O–H groups in total. The number of amides is 1. The molecule has 4 aromatic rings. The van der Waals surface area contributed by atoms with E-state index in [1.165, 1.54) is 11.2 Å². The lowest BCUT2D eigenvalue weighted by atomic mass is 10.1. The van der Waals surface area contributed by atoms with Gasteiger partial charge in [-0.2, -0.15) is 0 Å². The molecule has 11 nitrogen and oxygen atoms in total. The summed E-state index contributed by atoms with van der Waals surface area (Å²) in [6.07, 6.45) is 4.87. The third-order valence-corrected chi connectivity index (χ3v) is 7.00. The van der Waals surface area contributed by atoms with Gasteiger partial charge in [0.2, 0.25) is 5.91 Å². The molecule has 0 radical (unpaired) electrons. The molecule has 2 aromatic heterocycles. The Morgan fingerprint density at radius 2 is 2.00 bits per heavy atom. The van der Waals surface area contributed by atoms with Gasteiger partial charge in [0.25, 0.3) is 0 Å². The fraction of sp³-hybridized carbons (Fsp3) is 0.233. The predicted octanol–water partition coefficient (Wildman–Crippen LogP) is 4.37. The Bertz CT molecular complexity index is 1570. The molecule has 2 aromatic carbocycles. The van der Waals surface area contributed by atoms with Crippen LogP contribution in [0.25, 0.3) is 10.9 Å². The van der Waals surface area contributed by atoms with Crippen LogP contribution in [0.1, 0.15) is 12.1 Å². The van der Waals surface area contributed by atoms with E-state index < -0.39 is 12.0 Å². The molecule has 1 saturated heterocycles. The van der Waals surface area contributed by atoms with E-state index in [1.54, 1.807) is 12.3 Å². The summed E-state index contributed by atoms with van der Waals surface area (Å²) in [5, 5.41) is 13.6. The molecule has 0 unspecified atom stereocenters. The number of aliphatic carboxylic acids is 1. The average Bonchev–Trinajstić information content (AvgIpc) is 3.44. The average molecular weight is 590 g/mol. The van der Waals surface area contributed by atoms with E-state index >= 15 is 0 Å². The van der Waals surface area contributed by atoms with Crippen LogP contribution < -0.4 is 15.8 Å². The van der Waals surface area contributed by atoms with Gasteiger partial charge in [0, 0.05) is 35.5 Å². The van der Waals surface area contributed by atoms with Crippen LogP contribution in [0.5, 0.6) is 5.75 Å². The molecule has 0 bridgehead atoms. The van der Waals surface area contributed by atoms with Gasteiger partial charge < -0.3 is 30.7 Å². The number of nitrogens with one attached hydrogen (secondary N) is 1. The summed E-state index contributed by atoms with van der Waals surface area (Å²) in [6, 6.07) is 16.0. The van der Waals surface area contributed by atoms with Gasteiger partial charge >= 0.3 is 5.97 Å². The molecule has 42 heavy (non-hydrogen) atoms. The van der Waals surface area contributed by atoms with Gasteiger partial charge in [-0.3, -0.25) is 9.78 Å². The third kappa shape index (κ3) is 7.50. The number of carbonyl (C=O) groups is 2. The third-order valence-electron chi connectivity index (χ3n) is 6.71. The first-order chi connectivity index (χ1) is 20.2. The SMILES string of the molecule is C=CC(=O)N1C[C@H](N(C)C)C[C@H]1C(=O)O.Nc1ccc2ncnc(Nc3ccc(OCc4ccccn4)c(Cl)c3)c2c1. The van der Waals surface area contributed by atoms with Crippen molar-refractivity contribution < 1.29 is 19.4 Å². The molecule has 218 valence electrons. The van der Waals surface area contributed by atoms with Crippen molar-refractivity contribution in [2.45, 2.75) is 25.1 Å². The number of carbonyl (C=O) groups excluding carboxylic acids is 1. The maximum Gasteiger partial charge on any atom is 0.326 e. The monoisotopic (exact) mass is 589 g/mol. The Hall–Kier alpha value is -4.74. The van der Waals surface area contributed by atoms with Crippen LogP contribution >= 0.6 is 11.6 Å². The van der Waals surface area contributed by atoms with Crippen LogP contribution in [0.2, 0.25) is 5.02 Å². The number of anilines is 3. The number of pyridine rings is 1. The van der Waals surface area contributed by atoms with Crippen molar-refractivity contribution in [1.29, 1.82) is 0 Å². The van der Waals surface area contributed by atoms with Crippen LogP contribution in [0, 0.1) is 0 Å². The van der Waals surface area contributed by atoms with E-state index in [4.69, 9.17) is 27.2 Å². The topological polar surface area (TPSA) is 147 Å². The molecule has 1 aliphatic heterocycles. The maximum absolute atomic E-state index is 11.4. The minimum atomic E-state index is -0.949. The molecule has 0 saturated carbocycles. The molecule has 12 heteroatoms. The summed E-state index contributed by atoms with van der Waals surface area (Å²) >= 11 is 6.37. The van der Waals surface area contributed by atoms with Gasteiger partial charge in [-0.25, -0.2) is 14.8 Å². The molecule has 5 rings (SSSR count). The predicted molar refractivity (Wildman–Crippen MR) is 163 cm³/mol. The van der Waals surface area contributed by atoms with Crippen LogP contribution in [-0.2, 0) is 16.2 Å². The van der Waals surface area contributed by atoms with Crippen LogP contribution in [0.15, 0.2) is 79.8 Å². The molecular weight excluding hydrogens is 558 g/mol. The fourth-order valence-electron chi connectivity index (χ4n) is 4.42. The Kier molecular flexibility index (Phi) is 9.89. The first-order valence-corrected chi connectivity index (χ1v) is 13.5. The second kappa shape index (κ2) is 13.7. The van der Waals surface area contributed by atoms with E-state index in [0.29, 0.717) is 41.8 Å². The van der Waals surface area contributed by atoms with Crippen molar-refractivity contribution in [3.05, 3.63) is 90.5 Å². The number of halogens is 1. The second-order valence-corrected chi connectivity index (χ2v) is 10.2. The lowest BCUT2D eigenvalue weighted by Gasteiger charge is -2.20. The Morgan fingerprint density at radius 1 is 1.19 bits per heavy atom. The number of aromatic nitrogens is 3. The maximum atomic E-state index is 11.4. The van der Waals surface area contributed by atoms with E-state index in [0.717, 1.165) is 28.4 Å². The van der Waals surface area contributed by atoms with Crippen molar-refractivity contribution in [2.24, 2.45) is 0 Å². The van der Waals surface area contributed by atoms with Crippen molar-refractivity contribution in [3.8, 4) is 5.75 Å². The number of rotatable bonds is 8. The number of benzene rings is 2. The number of likely N-dealkylation sites (tertiary alicyclic amines) is 1. The number of nitrogens with zero attached hydrogens (tertiary/aromatic N) is 5. The molecule has 1 amide bonds. The van der Waals surface area contributed by atoms with E-state index in [2.05, 4.69) is 26.8 Å². The number of fused-ring (bicyclic) bond motifs is 1. The van der Waals surface area contributed by atoms with Crippen molar-refractivity contribution in [1.82, 2.24) is 24.8 Å². The number of nitrogens with two attached hydrogens (primary N) is 1. The highest BCUT2D eigenvalue weighted by Crippen LogP contribution is 2.31. The van der Waals surface area contributed by atoms with E-state index in [1.807, 2.05) is 67.5 Å². The zero-order valence-corrected chi connectivity index (χ0v) is 24.0. The summed E-state index contributed by atoms with van der Waals surface area (Å²) in [7, 11) is 3.76. The fourth-order valence-corrected chi connectivity index (χ4v) is 4.66. The summed E-state index contributed by atoms with van der Waals surface area (Å²) in [4.78, 5) is 38.5. The summed E-state index contributed by atoms with van der Waals surface area (Å²) in [5.41, 5.74) is 8.96. The van der Waals surface area contributed by atoms with Crippen LogP contribution in [0.4, 0.5) is 17.2 Å². The Balaban J connectivity index is 0.000000230. The number of likely N-dealkylation sites (N-methyl/N-ethyl adjacent to an activating group) is 1. The number of carboxylic acids is 1. The van der Waals surface area contributed by atoms with Gasteiger partial charge in [-0.05, 0) is 75.1 Å². The molecule has 2 atom stereocenters. The number of nitrogen functional groups attached to an aromatic ring is 1. The minimum absolute atomic E-state index is 0.106. The minimum Gasteiger partial charge on any atom is -0.486 e. The lowest BCUT2D eigenvalue weighted by molar-refractivity contribution is -0.146. The number of hydrogen-bond donors (Lipinski definition) is 3. The molecule has 1 fully saturated rings. The van der Waals surface area contributed by atoms with Gasteiger partial charge in [0.05, 0.1) is 16.2 Å². The highest BCUT2D eigenvalue weighted by atomic mass is 35.5. The standard InChI is InChI=1S/C20H16ClN5O.C10H16N2O3/c21-17-10-14(5-7-19(17)27-11-15-3-1-2-8-23-15)26-20-16-9-13(22)4-6-18(16)24-12-25-20;1-4-9(13)12-6-7(11(2)3)5-8(12)10(14)15/h1-10,12H,11,22H2,(H,24,25,26);4,7-8H,1,5-6H2,2-3H3,(H,14,15)/t;7-,8+/m.1/s1. The number of ether oxygens (including phenoxy) is 1. The summed E-state index contributed by atoms with van der Waals surface area (Å²) in [6.45, 7) is 4.17. The molecule has 1 aliphatic rings. The Morgan fingerprint density at radius 3 is 2.67 bits per heavy atom. The summed E-state index contributed by atoms with van der Waals surface area (Å²) in [5.74, 6) is -0.0171. The van der Waals surface area contributed by atoms with E-state index in [-0.39, 0.29) is 11.9 Å². The first kappa shape index (κ1) is 30.2. The largest absolute Gasteiger partial charge is 0.486 e. The van der Waals surface area contributed by atoms with Gasteiger partial charge in [0.1, 0.15) is 30.5 Å². The second-order valence-electron chi connectivity index (χ2n) is 9.78. The quantitative estimate of drug-likeness (QED) is 0.200. The highest BCUT2D eigenvalue weighted by molar-refractivity contribution is 6.32. The van der Waals surface area contributed by atoms with Crippen LogP contribution in [0.3, 0.4) is 0 Å². The molecule has 0 spiro atoms. The lowest BCUT2D eigenvalue weighted by Crippen LogP contribution is -2.40. The van der Waals surface area contributed by atoms with Crippen molar-refractivity contribution in [3.63, 3.8) is 0 Å². The van der Waals surface area contributed by atoms with Crippen molar-refractivity contribution in [2.75, 3.05) is 31.7 Å². The van der Waals surface area contributed by atoms with Gasteiger partial charge in [-0.1, -0.05) is 24.2 Å². The number of hydrogen-bond acceptors (Lipinski definition) is 9.